The molecule has 0 unspecified atom stereocenters. The zero-order chi connectivity index (χ0) is 15.6. The lowest BCUT2D eigenvalue weighted by molar-refractivity contribution is 0.112. The van der Waals surface area contributed by atoms with E-state index in [-0.39, 0.29) is 0 Å². The van der Waals surface area contributed by atoms with Gasteiger partial charge >= 0.3 is 0 Å². The van der Waals surface area contributed by atoms with E-state index in [1.807, 2.05) is 20.2 Å². The molecule has 0 aliphatic heterocycles. The first-order valence-electron chi connectivity index (χ1n) is 7.21. The number of carbonyl (C=O) groups is 1. The molecule has 2 nitrogen and oxygen atoms in total. The van der Waals surface area contributed by atoms with E-state index in [1.165, 1.54) is 5.19 Å². The van der Waals surface area contributed by atoms with Crippen LogP contribution < -0.4 is 10.1 Å². The van der Waals surface area contributed by atoms with Gasteiger partial charge in [0.2, 0.25) is 0 Å². The largest absolute Gasteiger partial charge is 0.378 e. The topological polar surface area (TPSA) is 20.3 Å². The summed E-state index contributed by atoms with van der Waals surface area (Å²) in [7, 11) is 2.52. The van der Waals surface area contributed by atoms with Crippen LogP contribution in [0.25, 0.3) is 11.1 Å². The number of hydrogen-bond donors (Lipinski definition) is 0. The van der Waals surface area contributed by atoms with Crippen LogP contribution in [0.1, 0.15) is 10.4 Å². The fourth-order valence-electron chi connectivity index (χ4n) is 2.54. The maximum absolute atomic E-state index is 11.7. The van der Waals surface area contributed by atoms with E-state index in [9.17, 15) is 4.79 Å². The monoisotopic (exact) mass is 297 g/mol. The van der Waals surface area contributed by atoms with E-state index in [0.717, 1.165) is 28.7 Å². The number of hydrogen-bond acceptors (Lipinski definition) is 2. The lowest BCUT2D eigenvalue weighted by Gasteiger charge is -2.21. The first kappa shape index (κ1) is 15.5. The average molecular weight is 297 g/mol. The molecule has 0 bridgehead atoms. The summed E-state index contributed by atoms with van der Waals surface area (Å²) >= 11 is 0. The molecule has 2 aromatic rings. The molecule has 3 heteroatoms. The Hall–Kier alpha value is -1.87. The number of nitrogens with zero attached hydrogens (tertiary/aromatic N) is 1. The maximum Gasteiger partial charge on any atom is 0.150 e. The van der Waals surface area contributed by atoms with Crippen LogP contribution in [-0.4, -0.2) is 28.5 Å². The summed E-state index contributed by atoms with van der Waals surface area (Å²) in [6.07, 6.45) is 1.02. The Morgan fingerprint density at radius 2 is 1.57 bits per heavy atom. The molecule has 110 valence electrons. The van der Waals surface area contributed by atoms with Gasteiger partial charge in [-0.1, -0.05) is 50.0 Å². The third-order valence-corrected chi connectivity index (χ3v) is 5.78. The van der Waals surface area contributed by atoms with E-state index in [1.54, 1.807) is 0 Å². The van der Waals surface area contributed by atoms with Crippen LogP contribution in [0.4, 0.5) is 5.69 Å². The average Bonchev–Trinajstić information content (AvgIpc) is 2.45. The van der Waals surface area contributed by atoms with Crippen molar-refractivity contribution in [1.82, 2.24) is 0 Å². The first-order valence-corrected chi connectivity index (χ1v) is 10.7. The second kappa shape index (κ2) is 5.86. The van der Waals surface area contributed by atoms with Gasteiger partial charge in [-0.25, -0.2) is 0 Å². The van der Waals surface area contributed by atoms with Gasteiger partial charge in [-0.15, -0.1) is 0 Å². The normalized spacial score (nSPS) is 11.3. The van der Waals surface area contributed by atoms with Crippen LogP contribution >= 0.6 is 0 Å². The van der Waals surface area contributed by atoms with E-state index >= 15 is 0 Å². The highest BCUT2D eigenvalue weighted by atomic mass is 28.3. The minimum atomic E-state index is -1.53. The summed E-state index contributed by atoms with van der Waals surface area (Å²) in [6, 6.07) is 14.6. The zero-order valence-corrected chi connectivity index (χ0v) is 14.5. The van der Waals surface area contributed by atoms with Crippen molar-refractivity contribution in [2.75, 3.05) is 19.0 Å². The molecule has 0 atom stereocenters. The van der Waals surface area contributed by atoms with E-state index < -0.39 is 8.07 Å². The van der Waals surface area contributed by atoms with Gasteiger partial charge < -0.3 is 4.90 Å². The Kier molecular flexibility index (Phi) is 4.33. The highest BCUT2D eigenvalue weighted by molar-refractivity contribution is 6.89. The fraction of sp³-hybridized carbons (Fsp3) is 0.278. The summed E-state index contributed by atoms with van der Waals surface area (Å²) in [5, 5.41) is 1.23. The molecule has 0 aliphatic rings. The lowest BCUT2D eigenvalue weighted by atomic mass is 10.00. The molecule has 21 heavy (non-hydrogen) atoms. The molecular formula is C18H23NOSi. The Balaban J connectivity index is 2.56. The quantitative estimate of drug-likeness (QED) is 0.632. The van der Waals surface area contributed by atoms with Crippen molar-refractivity contribution in [1.29, 1.82) is 0 Å². The van der Waals surface area contributed by atoms with Crippen LogP contribution in [0.2, 0.25) is 19.6 Å². The minimum absolute atomic E-state index is 0.856. The summed E-state index contributed by atoms with van der Waals surface area (Å²) in [5.74, 6) is 0. The Bertz CT molecular complexity index is 639. The van der Waals surface area contributed by atoms with Crippen molar-refractivity contribution in [3.63, 3.8) is 0 Å². The van der Waals surface area contributed by atoms with Gasteiger partial charge in [0.1, 0.15) is 0 Å². The highest BCUT2D eigenvalue weighted by Gasteiger charge is 2.22. The molecule has 0 fully saturated rings. The number of carbonyl (C=O) groups excluding carboxylic acids is 1. The Morgan fingerprint density at radius 3 is 2.05 bits per heavy atom. The van der Waals surface area contributed by atoms with Crippen molar-refractivity contribution in [2.45, 2.75) is 19.6 Å². The van der Waals surface area contributed by atoms with Crippen LogP contribution in [0.3, 0.4) is 0 Å². The smallest absolute Gasteiger partial charge is 0.150 e. The molecule has 0 heterocycles. The second-order valence-corrected chi connectivity index (χ2v) is 11.6. The summed E-state index contributed by atoms with van der Waals surface area (Å²) < 4.78 is 0. The number of aldehydes is 1. The predicted molar refractivity (Wildman–Crippen MR) is 94.6 cm³/mol. The molecule has 0 aliphatic carbocycles. The zero-order valence-electron chi connectivity index (χ0n) is 13.5. The van der Waals surface area contributed by atoms with Gasteiger partial charge in [-0.05, 0) is 28.4 Å². The predicted octanol–water partition coefficient (Wildman–Crippen LogP) is 3.78. The molecule has 0 N–H and O–H groups in total. The third-order valence-electron chi connectivity index (χ3n) is 3.73. The van der Waals surface area contributed by atoms with Gasteiger partial charge in [-0.2, -0.15) is 0 Å². The van der Waals surface area contributed by atoms with Crippen molar-refractivity contribution < 1.29 is 4.79 Å². The van der Waals surface area contributed by atoms with Crippen molar-refractivity contribution >= 4 is 25.2 Å². The standard InChI is InChI=1S/C18H23NOSi/c1-19(2)15-11-9-14(10-12-15)16-7-6-8-18(17(16)13-20)21(3,4)5/h6-13H,1-5H3. The van der Waals surface area contributed by atoms with Gasteiger partial charge in [0.25, 0.3) is 0 Å². The molecule has 0 saturated carbocycles. The molecule has 2 aromatic carbocycles. The molecule has 0 spiro atoms. The number of anilines is 1. The van der Waals surface area contributed by atoms with Gasteiger partial charge in [0.05, 0.1) is 8.07 Å². The van der Waals surface area contributed by atoms with Crippen molar-refractivity contribution in [3.8, 4) is 11.1 Å². The van der Waals surface area contributed by atoms with E-state index in [2.05, 4.69) is 60.9 Å². The SMILES string of the molecule is CN(C)c1ccc(-c2cccc([Si](C)(C)C)c2C=O)cc1. The summed E-state index contributed by atoms with van der Waals surface area (Å²) in [5.41, 5.74) is 4.15. The van der Waals surface area contributed by atoms with E-state index in [0.29, 0.717) is 0 Å². The van der Waals surface area contributed by atoms with Crippen LogP contribution in [0.15, 0.2) is 42.5 Å². The van der Waals surface area contributed by atoms with Crippen LogP contribution in [0, 0.1) is 0 Å². The van der Waals surface area contributed by atoms with Gasteiger partial charge in [0, 0.05) is 25.3 Å². The lowest BCUT2D eigenvalue weighted by Crippen LogP contribution is -2.40. The summed E-state index contributed by atoms with van der Waals surface area (Å²) in [6.45, 7) is 6.82. The maximum atomic E-state index is 11.7. The summed E-state index contributed by atoms with van der Waals surface area (Å²) in [4.78, 5) is 13.7. The van der Waals surface area contributed by atoms with Gasteiger partial charge in [-0.3, -0.25) is 4.79 Å². The van der Waals surface area contributed by atoms with Crippen molar-refractivity contribution in [2.24, 2.45) is 0 Å². The number of benzene rings is 2. The third kappa shape index (κ3) is 3.24. The highest BCUT2D eigenvalue weighted by Crippen LogP contribution is 2.25. The van der Waals surface area contributed by atoms with Gasteiger partial charge in [0.15, 0.2) is 6.29 Å². The fourth-order valence-corrected chi connectivity index (χ4v) is 4.13. The molecular weight excluding hydrogens is 274 g/mol. The second-order valence-electron chi connectivity index (χ2n) is 6.58. The molecule has 2 rings (SSSR count). The Labute approximate surface area is 128 Å². The number of rotatable bonds is 4. The van der Waals surface area contributed by atoms with Crippen LogP contribution in [0.5, 0.6) is 0 Å². The molecule has 0 aromatic heterocycles. The molecule has 0 amide bonds. The minimum Gasteiger partial charge on any atom is -0.378 e. The molecule has 0 radical (unpaired) electrons. The van der Waals surface area contributed by atoms with Crippen LogP contribution in [-0.2, 0) is 0 Å². The van der Waals surface area contributed by atoms with E-state index in [4.69, 9.17) is 0 Å². The Morgan fingerprint density at radius 1 is 0.952 bits per heavy atom. The van der Waals surface area contributed by atoms with Crippen molar-refractivity contribution in [3.05, 3.63) is 48.0 Å². The molecule has 0 saturated heterocycles. The first-order chi connectivity index (χ1) is 9.84.